The van der Waals surface area contributed by atoms with E-state index < -0.39 is 0 Å². The summed E-state index contributed by atoms with van der Waals surface area (Å²) < 4.78 is 5.05. The average Bonchev–Trinajstić information content (AvgIpc) is 2.05. The van der Waals surface area contributed by atoms with Crippen LogP contribution in [0, 0.1) is 0 Å². The molecule has 0 rings (SSSR count). The van der Waals surface area contributed by atoms with Gasteiger partial charge in [-0.05, 0) is 19.3 Å². The number of aliphatic hydroxyl groups excluding tert-OH is 2. The van der Waals surface area contributed by atoms with Crippen LogP contribution in [-0.2, 0) is 4.74 Å². The van der Waals surface area contributed by atoms with Crippen LogP contribution in [0.5, 0.6) is 0 Å². The second-order valence-electron chi connectivity index (χ2n) is 2.92. The van der Waals surface area contributed by atoms with Gasteiger partial charge < -0.3 is 14.9 Å². The minimum absolute atomic E-state index is 0.0809. The summed E-state index contributed by atoms with van der Waals surface area (Å²) >= 11 is 0. The summed E-state index contributed by atoms with van der Waals surface area (Å²) in [5.74, 6) is 0. The molecule has 0 spiro atoms. The van der Waals surface area contributed by atoms with Crippen molar-refractivity contribution in [1.82, 2.24) is 0 Å². The Kier molecular flexibility index (Phi) is 8.88. The highest BCUT2D eigenvalue weighted by molar-refractivity contribution is 4.53. The molecule has 2 N–H and O–H groups in total. The lowest BCUT2D eigenvalue weighted by atomic mass is 10.1. The Balaban J connectivity index is 2.97. The lowest BCUT2D eigenvalue weighted by Gasteiger charge is -2.08. The molecule has 0 saturated carbocycles. The maximum absolute atomic E-state index is 9.30. The number of ether oxygens (including phenoxy) is 1. The van der Waals surface area contributed by atoms with Crippen molar-refractivity contribution in [3.63, 3.8) is 0 Å². The number of rotatable bonds is 8. The van der Waals surface area contributed by atoms with E-state index in [1.165, 1.54) is 0 Å². The van der Waals surface area contributed by atoms with Gasteiger partial charge >= 0.3 is 0 Å². The van der Waals surface area contributed by atoms with Crippen LogP contribution in [0.25, 0.3) is 0 Å². The van der Waals surface area contributed by atoms with Gasteiger partial charge in [-0.3, -0.25) is 0 Å². The second-order valence-corrected chi connectivity index (χ2v) is 2.92. The van der Waals surface area contributed by atoms with Crippen molar-refractivity contribution < 1.29 is 14.9 Å². The molecule has 0 saturated heterocycles. The SMILES string of the molecule is CCCC(O)CCCOCCO. The Morgan fingerprint density at radius 2 is 2.00 bits per heavy atom. The monoisotopic (exact) mass is 176 g/mol. The first kappa shape index (κ1) is 11.9. The molecule has 0 aromatic heterocycles. The minimum Gasteiger partial charge on any atom is -0.394 e. The summed E-state index contributed by atoms with van der Waals surface area (Å²) in [5, 5.41) is 17.7. The number of hydrogen-bond acceptors (Lipinski definition) is 3. The van der Waals surface area contributed by atoms with Gasteiger partial charge in [0.2, 0.25) is 0 Å². The van der Waals surface area contributed by atoms with Gasteiger partial charge in [0.15, 0.2) is 0 Å². The Bertz CT molecular complexity index is 85.8. The fraction of sp³-hybridized carbons (Fsp3) is 1.00. The topological polar surface area (TPSA) is 49.7 Å². The molecule has 1 atom stereocenters. The molecule has 0 aromatic carbocycles. The van der Waals surface area contributed by atoms with Crippen LogP contribution in [0.15, 0.2) is 0 Å². The zero-order valence-electron chi connectivity index (χ0n) is 7.83. The van der Waals surface area contributed by atoms with E-state index in [1.807, 2.05) is 0 Å². The predicted molar refractivity (Wildman–Crippen MR) is 48.1 cm³/mol. The zero-order chi connectivity index (χ0) is 9.23. The molecule has 0 fully saturated rings. The third-order valence-electron chi connectivity index (χ3n) is 1.68. The van der Waals surface area contributed by atoms with Crippen LogP contribution in [0.4, 0.5) is 0 Å². The fourth-order valence-corrected chi connectivity index (χ4v) is 1.07. The van der Waals surface area contributed by atoms with Crippen LogP contribution in [0.3, 0.4) is 0 Å². The van der Waals surface area contributed by atoms with E-state index in [0.717, 1.165) is 25.7 Å². The first-order valence-electron chi connectivity index (χ1n) is 4.68. The summed E-state index contributed by atoms with van der Waals surface area (Å²) in [6, 6.07) is 0. The lowest BCUT2D eigenvalue weighted by Crippen LogP contribution is -2.08. The molecule has 0 radical (unpaired) electrons. The largest absolute Gasteiger partial charge is 0.394 e. The molecule has 3 nitrogen and oxygen atoms in total. The zero-order valence-corrected chi connectivity index (χ0v) is 7.83. The van der Waals surface area contributed by atoms with Gasteiger partial charge in [-0.25, -0.2) is 0 Å². The van der Waals surface area contributed by atoms with Gasteiger partial charge in [0, 0.05) is 6.61 Å². The molecule has 0 heterocycles. The molecule has 0 aliphatic rings. The summed E-state index contributed by atoms with van der Waals surface area (Å²) in [4.78, 5) is 0. The Labute approximate surface area is 74.4 Å². The van der Waals surface area contributed by atoms with E-state index >= 15 is 0 Å². The number of aliphatic hydroxyl groups is 2. The van der Waals surface area contributed by atoms with E-state index in [-0.39, 0.29) is 12.7 Å². The summed E-state index contributed by atoms with van der Waals surface area (Å²) in [6.07, 6.45) is 3.41. The summed E-state index contributed by atoms with van der Waals surface area (Å²) in [7, 11) is 0. The highest BCUT2D eigenvalue weighted by Crippen LogP contribution is 2.03. The molecule has 3 heteroatoms. The second kappa shape index (κ2) is 8.97. The average molecular weight is 176 g/mol. The minimum atomic E-state index is -0.173. The smallest absolute Gasteiger partial charge is 0.0697 e. The normalized spacial score (nSPS) is 13.2. The van der Waals surface area contributed by atoms with Gasteiger partial charge in [-0.1, -0.05) is 13.3 Å². The van der Waals surface area contributed by atoms with Crippen molar-refractivity contribution in [3.8, 4) is 0 Å². The molecule has 0 aliphatic heterocycles. The molecule has 0 bridgehead atoms. The van der Waals surface area contributed by atoms with E-state index in [2.05, 4.69) is 6.92 Å². The van der Waals surface area contributed by atoms with Crippen molar-refractivity contribution in [2.24, 2.45) is 0 Å². The van der Waals surface area contributed by atoms with Crippen LogP contribution in [0.1, 0.15) is 32.6 Å². The van der Waals surface area contributed by atoms with Crippen LogP contribution < -0.4 is 0 Å². The van der Waals surface area contributed by atoms with E-state index in [4.69, 9.17) is 9.84 Å². The molecule has 1 unspecified atom stereocenters. The molecule has 74 valence electrons. The van der Waals surface area contributed by atoms with Gasteiger partial charge in [0.1, 0.15) is 0 Å². The van der Waals surface area contributed by atoms with Gasteiger partial charge in [-0.15, -0.1) is 0 Å². The lowest BCUT2D eigenvalue weighted by molar-refractivity contribution is 0.0773. The first-order valence-corrected chi connectivity index (χ1v) is 4.68. The molecular formula is C9H20O3. The van der Waals surface area contributed by atoms with E-state index in [9.17, 15) is 5.11 Å². The summed E-state index contributed by atoms with van der Waals surface area (Å²) in [5.41, 5.74) is 0. The van der Waals surface area contributed by atoms with Gasteiger partial charge in [0.05, 0.1) is 19.3 Å². The molecular weight excluding hydrogens is 156 g/mol. The summed E-state index contributed by atoms with van der Waals surface area (Å²) in [6.45, 7) is 3.19. The predicted octanol–water partition coefficient (Wildman–Crippen LogP) is 0.936. The Morgan fingerprint density at radius 3 is 2.58 bits per heavy atom. The quantitative estimate of drug-likeness (QED) is 0.541. The van der Waals surface area contributed by atoms with Crippen LogP contribution >= 0.6 is 0 Å². The third-order valence-corrected chi connectivity index (χ3v) is 1.68. The van der Waals surface area contributed by atoms with E-state index in [0.29, 0.717) is 13.2 Å². The third kappa shape index (κ3) is 7.98. The van der Waals surface area contributed by atoms with Gasteiger partial charge in [0.25, 0.3) is 0 Å². The fourth-order valence-electron chi connectivity index (χ4n) is 1.07. The number of hydrogen-bond donors (Lipinski definition) is 2. The highest BCUT2D eigenvalue weighted by Gasteiger charge is 2.01. The standard InChI is InChI=1S/C9H20O3/c1-2-4-9(11)5-3-7-12-8-6-10/h9-11H,2-8H2,1H3. The Hall–Kier alpha value is -0.120. The van der Waals surface area contributed by atoms with Crippen LogP contribution in [-0.4, -0.2) is 36.1 Å². The van der Waals surface area contributed by atoms with E-state index in [1.54, 1.807) is 0 Å². The van der Waals surface area contributed by atoms with Gasteiger partial charge in [-0.2, -0.15) is 0 Å². The molecule has 0 aliphatic carbocycles. The maximum atomic E-state index is 9.30. The van der Waals surface area contributed by atoms with Crippen molar-refractivity contribution >= 4 is 0 Å². The highest BCUT2D eigenvalue weighted by atomic mass is 16.5. The van der Waals surface area contributed by atoms with Crippen molar-refractivity contribution in [1.29, 1.82) is 0 Å². The molecule has 0 amide bonds. The van der Waals surface area contributed by atoms with Crippen molar-refractivity contribution in [2.45, 2.75) is 38.7 Å². The van der Waals surface area contributed by atoms with Crippen LogP contribution in [0.2, 0.25) is 0 Å². The molecule has 0 aromatic rings. The van der Waals surface area contributed by atoms with Crippen molar-refractivity contribution in [2.75, 3.05) is 19.8 Å². The maximum Gasteiger partial charge on any atom is 0.0697 e. The Morgan fingerprint density at radius 1 is 1.25 bits per heavy atom. The van der Waals surface area contributed by atoms with Crippen molar-refractivity contribution in [3.05, 3.63) is 0 Å². The molecule has 12 heavy (non-hydrogen) atoms. The first-order chi connectivity index (χ1) is 5.81.